The molecule has 0 spiro atoms. The zero-order valence-corrected chi connectivity index (χ0v) is 7.52. The Morgan fingerprint density at radius 1 is 1.38 bits per heavy atom. The first-order valence-corrected chi connectivity index (χ1v) is 4.14. The molecule has 0 aromatic rings. The Morgan fingerprint density at radius 3 is 2.38 bits per heavy atom. The summed E-state index contributed by atoms with van der Waals surface area (Å²) in [7, 11) is 0. The molecule has 0 aromatic heterocycles. The van der Waals surface area contributed by atoms with Crippen molar-refractivity contribution in [2.75, 3.05) is 6.61 Å². The van der Waals surface area contributed by atoms with E-state index in [4.69, 9.17) is 14.9 Å². The second-order valence-electron chi connectivity index (χ2n) is 2.63. The van der Waals surface area contributed by atoms with Gasteiger partial charge < -0.3 is 14.9 Å². The fourth-order valence-electron chi connectivity index (χ4n) is 0.793. The minimum Gasteiger partial charge on any atom is -0.481 e. The minimum atomic E-state index is -1.10. The Bertz CT molecular complexity index is 177. The molecule has 0 fully saturated rings. The summed E-state index contributed by atoms with van der Waals surface area (Å²) in [5, 5.41) is 16.9. The molecule has 1 atom stereocenters. The molecule has 0 bridgehead atoms. The molecule has 0 saturated heterocycles. The van der Waals surface area contributed by atoms with Gasteiger partial charge in [0.2, 0.25) is 0 Å². The maximum atomic E-state index is 10.5. The molecule has 1 unspecified atom stereocenters. The van der Waals surface area contributed by atoms with Crippen molar-refractivity contribution in [3.05, 3.63) is 0 Å². The fourth-order valence-corrected chi connectivity index (χ4v) is 0.793. The highest BCUT2D eigenvalue weighted by Gasteiger charge is 2.18. The highest BCUT2D eigenvalue weighted by molar-refractivity contribution is 5.74. The van der Waals surface area contributed by atoms with Crippen LogP contribution in [-0.2, 0) is 14.3 Å². The van der Waals surface area contributed by atoms with Gasteiger partial charge in [0.1, 0.15) is 0 Å². The van der Waals surface area contributed by atoms with Crippen LogP contribution in [0.4, 0.5) is 0 Å². The van der Waals surface area contributed by atoms with Crippen LogP contribution in [0.3, 0.4) is 0 Å². The van der Waals surface area contributed by atoms with Crippen molar-refractivity contribution in [3.8, 4) is 0 Å². The van der Waals surface area contributed by atoms with Crippen molar-refractivity contribution in [1.29, 1.82) is 0 Å². The molecule has 0 rings (SSSR count). The molecular weight excluding hydrogens is 176 g/mol. The van der Waals surface area contributed by atoms with Gasteiger partial charge in [-0.05, 0) is 12.8 Å². The molecule has 0 aromatic carbocycles. The summed E-state index contributed by atoms with van der Waals surface area (Å²) in [6, 6.07) is 0. The van der Waals surface area contributed by atoms with Gasteiger partial charge in [-0.25, -0.2) is 4.79 Å². The summed E-state index contributed by atoms with van der Waals surface area (Å²) in [4.78, 5) is 20.7. The molecule has 0 aliphatic carbocycles. The second kappa shape index (κ2) is 6.42. The Morgan fingerprint density at radius 2 is 2.00 bits per heavy atom. The van der Waals surface area contributed by atoms with Crippen LogP contribution in [0.1, 0.15) is 26.2 Å². The lowest BCUT2D eigenvalue weighted by Gasteiger charge is -2.11. The van der Waals surface area contributed by atoms with Crippen molar-refractivity contribution in [3.63, 3.8) is 0 Å². The van der Waals surface area contributed by atoms with Crippen molar-refractivity contribution < 1.29 is 24.5 Å². The number of hydrogen-bond donors (Lipinski definition) is 2. The lowest BCUT2D eigenvalue weighted by molar-refractivity contribution is -0.151. The van der Waals surface area contributed by atoms with Crippen LogP contribution >= 0.6 is 0 Å². The standard InChI is InChI=1S/C8H14O5/c1-2-5-13-6(8(11)12)3-4-7(9)10/h6H,2-5H2,1H3,(H,9,10)(H,11,12). The summed E-state index contributed by atoms with van der Waals surface area (Å²) < 4.78 is 4.94. The van der Waals surface area contributed by atoms with Crippen LogP contribution in [-0.4, -0.2) is 34.9 Å². The van der Waals surface area contributed by atoms with Gasteiger partial charge in [0.25, 0.3) is 0 Å². The van der Waals surface area contributed by atoms with E-state index in [0.29, 0.717) is 6.61 Å². The molecule has 0 radical (unpaired) electrons. The van der Waals surface area contributed by atoms with Crippen molar-refractivity contribution in [2.24, 2.45) is 0 Å². The summed E-state index contributed by atoms with van der Waals surface area (Å²) >= 11 is 0. The number of aliphatic carboxylic acids is 2. The summed E-state index contributed by atoms with van der Waals surface area (Å²) in [5.74, 6) is -2.11. The van der Waals surface area contributed by atoms with Gasteiger partial charge in [0.05, 0.1) is 0 Å². The van der Waals surface area contributed by atoms with E-state index in [-0.39, 0.29) is 12.8 Å². The molecule has 0 aliphatic heterocycles. The first-order chi connectivity index (χ1) is 6.07. The predicted octanol–water partition coefficient (Wildman–Crippen LogP) is 0.731. The SMILES string of the molecule is CCCOC(CCC(=O)O)C(=O)O. The summed E-state index contributed by atoms with van der Waals surface area (Å²) in [5.41, 5.74) is 0. The lowest BCUT2D eigenvalue weighted by Crippen LogP contribution is -2.25. The molecule has 5 heteroatoms. The Labute approximate surface area is 76.3 Å². The maximum absolute atomic E-state index is 10.5. The average molecular weight is 190 g/mol. The highest BCUT2D eigenvalue weighted by Crippen LogP contribution is 2.03. The van der Waals surface area contributed by atoms with Crippen molar-refractivity contribution in [1.82, 2.24) is 0 Å². The zero-order valence-electron chi connectivity index (χ0n) is 7.52. The van der Waals surface area contributed by atoms with Crippen LogP contribution in [0.25, 0.3) is 0 Å². The third kappa shape index (κ3) is 6.10. The molecule has 5 nitrogen and oxygen atoms in total. The molecule has 2 N–H and O–H groups in total. The van der Waals surface area contributed by atoms with Gasteiger partial charge >= 0.3 is 11.9 Å². The Hall–Kier alpha value is -1.10. The molecule has 13 heavy (non-hydrogen) atoms. The maximum Gasteiger partial charge on any atom is 0.332 e. The van der Waals surface area contributed by atoms with E-state index in [1.165, 1.54) is 0 Å². The number of hydrogen-bond acceptors (Lipinski definition) is 3. The predicted molar refractivity (Wildman–Crippen MR) is 44.5 cm³/mol. The fraction of sp³-hybridized carbons (Fsp3) is 0.750. The van der Waals surface area contributed by atoms with E-state index in [1.54, 1.807) is 0 Å². The average Bonchev–Trinajstić information content (AvgIpc) is 2.03. The first-order valence-electron chi connectivity index (χ1n) is 4.14. The van der Waals surface area contributed by atoms with E-state index in [2.05, 4.69) is 0 Å². The van der Waals surface area contributed by atoms with Gasteiger partial charge in [-0.1, -0.05) is 6.92 Å². The van der Waals surface area contributed by atoms with Crippen molar-refractivity contribution in [2.45, 2.75) is 32.3 Å². The number of carboxylic acid groups (broad SMARTS) is 2. The lowest BCUT2D eigenvalue weighted by atomic mass is 10.2. The monoisotopic (exact) mass is 190 g/mol. The van der Waals surface area contributed by atoms with E-state index in [0.717, 1.165) is 6.42 Å². The third-order valence-electron chi connectivity index (χ3n) is 1.42. The van der Waals surface area contributed by atoms with E-state index >= 15 is 0 Å². The van der Waals surface area contributed by atoms with E-state index < -0.39 is 18.0 Å². The molecular formula is C8H14O5. The van der Waals surface area contributed by atoms with Crippen LogP contribution in [0.15, 0.2) is 0 Å². The van der Waals surface area contributed by atoms with E-state index in [9.17, 15) is 9.59 Å². The second-order valence-corrected chi connectivity index (χ2v) is 2.63. The van der Waals surface area contributed by atoms with Gasteiger partial charge in [-0.15, -0.1) is 0 Å². The number of rotatable bonds is 7. The molecule has 0 amide bonds. The molecule has 0 saturated carbocycles. The van der Waals surface area contributed by atoms with Crippen molar-refractivity contribution >= 4 is 11.9 Å². The minimum absolute atomic E-state index is 0.0185. The van der Waals surface area contributed by atoms with Gasteiger partial charge in [0.15, 0.2) is 6.10 Å². The first kappa shape index (κ1) is 11.9. The number of carboxylic acids is 2. The van der Waals surface area contributed by atoms with Gasteiger partial charge in [-0.2, -0.15) is 0 Å². The van der Waals surface area contributed by atoms with E-state index in [1.807, 2.05) is 6.92 Å². The molecule has 0 heterocycles. The van der Waals surface area contributed by atoms with Crippen LogP contribution in [0.5, 0.6) is 0 Å². The van der Waals surface area contributed by atoms with Gasteiger partial charge in [0, 0.05) is 13.0 Å². The number of ether oxygens (including phenoxy) is 1. The number of carbonyl (C=O) groups is 2. The zero-order chi connectivity index (χ0) is 10.3. The molecule has 76 valence electrons. The van der Waals surface area contributed by atoms with Gasteiger partial charge in [-0.3, -0.25) is 4.79 Å². The van der Waals surface area contributed by atoms with Crippen LogP contribution < -0.4 is 0 Å². The van der Waals surface area contributed by atoms with Crippen LogP contribution in [0, 0.1) is 0 Å². The smallest absolute Gasteiger partial charge is 0.332 e. The highest BCUT2D eigenvalue weighted by atomic mass is 16.5. The summed E-state index contributed by atoms with van der Waals surface area (Å²) in [6.07, 6.45) is -0.432. The Kier molecular flexibility index (Phi) is 5.88. The summed E-state index contributed by atoms with van der Waals surface area (Å²) in [6.45, 7) is 2.20. The normalized spacial score (nSPS) is 12.4. The Balaban J connectivity index is 3.80. The quantitative estimate of drug-likeness (QED) is 0.618. The molecule has 0 aliphatic rings. The van der Waals surface area contributed by atoms with Crippen LogP contribution in [0.2, 0.25) is 0 Å². The largest absolute Gasteiger partial charge is 0.481 e. The third-order valence-corrected chi connectivity index (χ3v) is 1.42. The topological polar surface area (TPSA) is 83.8 Å².